The molecule has 2 N–H and O–H groups in total. The molecule has 0 aliphatic carbocycles. The molecule has 0 aromatic heterocycles. The average Bonchev–Trinajstić information content (AvgIpc) is 2.06. The molecule has 12 heavy (non-hydrogen) atoms. The normalized spacial score (nSPS) is 26.3. The fourth-order valence-corrected chi connectivity index (χ4v) is 1.35. The molecule has 4 heteroatoms. The lowest BCUT2D eigenvalue weighted by molar-refractivity contribution is -0.121. The van der Waals surface area contributed by atoms with Gasteiger partial charge in [0.05, 0.1) is 0 Å². The number of amides is 1. The Hall–Kier alpha value is -0.280. The van der Waals surface area contributed by atoms with Gasteiger partial charge in [0.1, 0.15) is 5.38 Å². The van der Waals surface area contributed by atoms with E-state index in [-0.39, 0.29) is 11.9 Å². The highest BCUT2D eigenvalue weighted by Crippen LogP contribution is 2.02. The Morgan fingerprint density at radius 2 is 2.50 bits per heavy atom. The van der Waals surface area contributed by atoms with Crippen molar-refractivity contribution in [1.82, 2.24) is 10.6 Å². The highest BCUT2D eigenvalue weighted by molar-refractivity contribution is 6.30. The summed E-state index contributed by atoms with van der Waals surface area (Å²) in [5.41, 5.74) is 0. The molecule has 0 aromatic carbocycles. The van der Waals surface area contributed by atoms with Gasteiger partial charge in [-0.05, 0) is 26.3 Å². The summed E-state index contributed by atoms with van der Waals surface area (Å²) in [5, 5.41) is 5.68. The van der Waals surface area contributed by atoms with Crippen LogP contribution in [-0.4, -0.2) is 30.4 Å². The molecule has 1 aliphatic rings. The minimum Gasteiger partial charge on any atom is -0.351 e. The predicted molar refractivity (Wildman–Crippen MR) is 49.3 cm³/mol. The molecular formula is C8H15ClN2O. The molecule has 1 saturated heterocycles. The molecule has 1 amide bonds. The number of hydrogen-bond donors (Lipinski definition) is 2. The number of carbonyl (C=O) groups is 1. The lowest BCUT2D eigenvalue weighted by Crippen LogP contribution is -2.47. The van der Waals surface area contributed by atoms with Crippen molar-refractivity contribution >= 4 is 17.5 Å². The Morgan fingerprint density at radius 1 is 1.75 bits per heavy atom. The van der Waals surface area contributed by atoms with E-state index in [1.165, 1.54) is 0 Å². The van der Waals surface area contributed by atoms with E-state index in [1.54, 1.807) is 6.92 Å². The van der Waals surface area contributed by atoms with Crippen molar-refractivity contribution in [3.8, 4) is 0 Å². The molecule has 0 aromatic rings. The first-order valence-corrected chi connectivity index (χ1v) is 4.79. The largest absolute Gasteiger partial charge is 0.351 e. The van der Waals surface area contributed by atoms with Gasteiger partial charge in [0.2, 0.25) is 5.91 Å². The summed E-state index contributed by atoms with van der Waals surface area (Å²) in [7, 11) is 0. The molecule has 1 aliphatic heterocycles. The Kier molecular flexibility index (Phi) is 3.82. The second-order valence-corrected chi connectivity index (χ2v) is 3.82. The molecule has 2 atom stereocenters. The highest BCUT2D eigenvalue weighted by atomic mass is 35.5. The summed E-state index contributed by atoms with van der Waals surface area (Å²) in [4.78, 5) is 11.1. The van der Waals surface area contributed by atoms with Gasteiger partial charge < -0.3 is 10.6 Å². The topological polar surface area (TPSA) is 41.1 Å². The van der Waals surface area contributed by atoms with Crippen LogP contribution in [-0.2, 0) is 4.79 Å². The van der Waals surface area contributed by atoms with Crippen LogP contribution in [0, 0.1) is 0 Å². The van der Waals surface area contributed by atoms with Crippen LogP contribution >= 0.6 is 11.6 Å². The molecule has 70 valence electrons. The van der Waals surface area contributed by atoms with Crippen molar-refractivity contribution in [3.05, 3.63) is 0 Å². The van der Waals surface area contributed by atoms with Gasteiger partial charge in [-0.25, -0.2) is 0 Å². The van der Waals surface area contributed by atoms with Crippen LogP contribution < -0.4 is 10.6 Å². The molecular weight excluding hydrogens is 176 g/mol. The van der Waals surface area contributed by atoms with Gasteiger partial charge in [-0.1, -0.05) is 0 Å². The Bertz CT molecular complexity index is 155. The number of alkyl halides is 1. The zero-order valence-corrected chi connectivity index (χ0v) is 8.03. The summed E-state index contributed by atoms with van der Waals surface area (Å²) in [6.45, 7) is 3.62. The molecule has 1 heterocycles. The summed E-state index contributed by atoms with van der Waals surface area (Å²) in [6.07, 6.45) is 2.18. The smallest absolute Gasteiger partial charge is 0.238 e. The van der Waals surface area contributed by atoms with Crippen molar-refractivity contribution in [2.24, 2.45) is 0 Å². The molecule has 1 unspecified atom stereocenters. The molecule has 0 spiro atoms. The number of carbonyl (C=O) groups excluding carboxylic acids is 1. The van der Waals surface area contributed by atoms with E-state index in [1.807, 2.05) is 0 Å². The summed E-state index contributed by atoms with van der Waals surface area (Å²) in [5.74, 6) is -0.0645. The van der Waals surface area contributed by atoms with Gasteiger partial charge in [0, 0.05) is 12.6 Å². The Morgan fingerprint density at radius 3 is 3.00 bits per heavy atom. The van der Waals surface area contributed by atoms with E-state index in [0.29, 0.717) is 0 Å². The molecule has 0 radical (unpaired) electrons. The zero-order valence-electron chi connectivity index (χ0n) is 7.27. The van der Waals surface area contributed by atoms with Crippen molar-refractivity contribution in [1.29, 1.82) is 0 Å². The van der Waals surface area contributed by atoms with Crippen molar-refractivity contribution in [2.75, 3.05) is 13.1 Å². The van der Waals surface area contributed by atoms with Gasteiger partial charge in [0.15, 0.2) is 0 Å². The van der Waals surface area contributed by atoms with Gasteiger partial charge in [-0.3, -0.25) is 4.79 Å². The van der Waals surface area contributed by atoms with Crippen LogP contribution in [0.4, 0.5) is 0 Å². The van der Waals surface area contributed by atoms with Crippen LogP contribution in [0.1, 0.15) is 19.8 Å². The maximum absolute atomic E-state index is 11.1. The van der Waals surface area contributed by atoms with Gasteiger partial charge in [0.25, 0.3) is 0 Å². The summed E-state index contributed by atoms with van der Waals surface area (Å²) < 4.78 is 0. The first-order chi connectivity index (χ1) is 5.70. The van der Waals surface area contributed by atoms with Gasteiger partial charge in [-0.15, -0.1) is 11.6 Å². The average molecular weight is 191 g/mol. The predicted octanol–water partition coefficient (Wildman–Crippen LogP) is 0.482. The van der Waals surface area contributed by atoms with Crippen LogP contribution in [0.5, 0.6) is 0 Å². The molecule has 3 nitrogen and oxygen atoms in total. The van der Waals surface area contributed by atoms with Crippen LogP contribution in [0.25, 0.3) is 0 Å². The van der Waals surface area contributed by atoms with Crippen molar-refractivity contribution in [3.63, 3.8) is 0 Å². The third kappa shape index (κ3) is 2.99. The monoisotopic (exact) mass is 190 g/mol. The van der Waals surface area contributed by atoms with E-state index < -0.39 is 5.38 Å². The van der Waals surface area contributed by atoms with Crippen LogP contribution in [0.2, 0.25) is 0 Å². The number of nitrogens with one attached hydrogen (secondary N) is 2. The minimum absolute atomic E-state index is 0.0645. The van der Waals surface area contributed by atoms with E-state index in [9.17, 15) is 4.79 Å². The third-order valence-electron chi connectivity index (χ3n) is 2.00. The van der Waals surface area contributed by atoms with Crippen molar-refractivity contribution < 1.29 is 4.79 Å². The first kappa shape index (κ1) is 9.81. The lowest BCUT2D eigenvalue weighted by atomic mass is 10.1. The number of rotatable bonds is 2. The summed E-state index contributed by atoms with van der Waals surface area (Å²) >= 11 is 5.62. The fraction of sp³-hybridized carbons (Fsp3) is 0.875. The number of hydrogen-bond acceptors (Lipinski definition) is 2. The summed E-state index contributed by atoms with van der Waals surface area (Å²) in [6, 6.07) is 0.271. The maximum Gasteiger partial charge on any atom is 0.238 e. The zero-order chi connectivity index (χ0) is 8.97. The van der Waals surface area contributed by atoms with E-state index in [0.717, 1.165) is 25.9 Å². The van der Waals surface area contributed by atoms with Crippen molar-refractivity contribution in [2.45, 2.75) is 31.2 Å². The number of halogens is 1. The number of piperidine rings is 1. The van der Waals surface area contributed by atoms with E-state index in [4.69, 9.17) is 11.6 Å². The minimum atomic E-state index is -0.424. The Balaban J connectivity index is 2.24. The molecule has 1 rings (SSSR count). The quantitative estimate of drug-likeness (QED) is 0.622. The SMILES string of the molecule is CC(Cl)C(=O)N[C@@H]1CCCNC1. The van der Waals surface area contributed by atoms with Gasteiger partial charge >= 0.3 is 0 Å². The maximum atomic E-state index is 11.1. The molecule has 1 fully saturated rings. The fourth-order valence-electron chi connectivity index (χ4n) is 1.29. The standard InChI is InChI=1S/C8H15ClN2O/c1-6(9)8(12)11-7-3-2-4-10-5-7/h6-7,10H,2-5H2,1H3,(H,11,12)/t6?,7-/m1/s1. The second kappa shape index (κ2) is 4.67. The highest BCUT2D eigenvalue weighted by Gasteiger charge is 2.17. The lowest BCUT2D eigenvalue weighted by Gasteiger charge is -2.24. The van der Waals surface area contributed by atoms with E-state index in [2.05, 4.69) is 10.6 Å². The Labute approximate surface area is 77.9 Å². The van der Waals surface area contributed by atoms with E-state index >= 15 is 0 Å². The third-order valence-corrected chi connectivity index (χ3v) is 2.20. The van der Waals surface area contributed by atoms with Gasteiger partial charge in [-0.2, -0.15) is 0 Å². The van der Waals surface area contributed by atoms with Crippen LogP contribution in [0.3, 0.4) is 0 Å². The molecule has 0 bridgehead atoms. The van der Waals surface area contributed by atoms with Crippen LogP contribution in [0.15, 0.2) is 0 Å². The first-order valence-electron chi connectivity index (χ1n) is 4.35. The molecule has 0 saturated carbocycles. The second-order valence-electron chi connectivity index (χ2n) is 3.17.